The molecule has 16 heavy (non-hydrogen) atoms. The van der Waals surface area contributed by atoms with Gasteiger partial charge in [-0.1, -0.05) is 37.0 Å². The third kappa shape index (κ3) is 1.44. The highest BCUT2D eigenvalue weighted by atomic mass is 14.9. The van der Waals surface area contributed by atoms with Crippen molar-refractivity contribution in [3.63, 3.8) is 0 Å². The van der Waals surface area contributed by atoms with Crippen molar-refractivity contribution in [3.8, 4) is 11.8 Å². The summed E-state index contributed by atoms with van der Waals surface area (Å²) in [6.45, 7) is 2.23. The third-order valence-electron chi connectivity index (χ3n) is 3.09. The van der Waals surface area contributed by atoms with E-state index in [0.717, 1.165) is 23.4 Å². The zero-order valence-electron chi connectivity index (χ0n) is 9.25. The summed E-state index contributed by atoms with van der Waals surface area (Å²) < 4.78 is 0. The largest absolute Gasteiger partial charge is 0.354 e. The Bertz CT molecular complexity index is 552. The fraction of sp³-hybridized carbons (Fsp3) is 0.200. The van der Waals surface area contributed by atoms with Crippen LogP contribution >= 0.6 is 0 Å². The van der Waals surface area contributed by atoms with Crippen LogP contribution < -0.4 is 5.32 Å². The molecule has 0 saturated carbocycles. The van der Waals surface area contributed by atoms with Crippen LogP contribution in [0.2, 0.25) is 0 Å². The molecule has 0 radical (unpaired) electrons. The fourth-order valence-corrected chi connectivity index (χ4v) is 2.14. The van der Waals surface area contributed by atoms with Crippen LogP contribution in [0.1, 0.15) is 18.9 Å². The van der Waals surface area contributed by atoms with E-state index in [-0.39, 0.29) is 0 Å². The van der Waals surface area contributed by atoms with Gasteiger partial charge < -0.3 is 5.32 Å². The van der Waals surface area contributed by atoms with Crippen LogP contribution in [0.25, 0.3) is 0 Å². The molecule has 0 spiro atoms. The summed E-state index contributed by atoms with van der Waals surface area (Å²) in [7, 11) is 0. The van der Waals surface area contributed by atoms with Gasteiger partial charge in [0.15, 0.2) is 0 Å². The highest BCUT2D eigenvalue weighted by Gasteiger charge is 2.16. The van der Waals surface area contributed by atoms with Crippen molar-refractivity contribution in [2.75, 3.05) is 5.32 Å². The second-order valence-corrected chi connectivity index (χ2v) is 4.29. The summed E-state index contributed by atoms with van der Waals surface area (Å²) in [6.07, 6.45) is 5.45. The molecule has 1 aromatic rings. The van der Waals surface area contributed by atoms with E-state index in [2.05, 4.69) is 48.4 Å². The summed E-state index contributed by atoms with van der Waals surface area (Å²) in [5.41, 5.74) is 4.59. The van der Waals surface area contributed by atoms with Crippen LogP contribution in [0, 0.1) is 17.8 Å². The van der Waals surface area contributed by atoms with Crippen LogP contribution in [-0.4, -0.2) is 0 Å². The van der Waals surface area contributed by atoms with Crippen molar-refractivity contribution in [2.45, 2.75) is 13.3 Å². The second-order valence-electron chi connectivity index (χ2n) is 4.29. The number of fused-ring (bicyclic) bond motifs is 1. The zero-order valence-corrected chi connectivity index (χ0v) is 9.25. The van der Waals surface area contributed by atoms with Crippen molar-refractivity contribution in [1.82, 2.24) is 0 Å². The Morgan fingerprint density at radius 2 is 2.12 bits per heavy atom. The molecule has 0 bridgehead atoms. The van der Waals surface area contributed by atoms with E-state index in [1.807, 2.05) is 12.1 Å². The lowest BCUT2D eigenvalue weighted by molar-refractivity contribution is 0.702. The smallest absolute Gasteiger partial charge is 0.0543 e. The molecule has 0 amide bonds. The lowest BCUT2D eigenvalue weighted by atomic mass is 9.92. The quantitative estimate of drug-likeness (QED) is 0.643. The monoisotopic (exact) mass is 207 g/mol. The van der Waals surface area contributed by atoms with E-state index in [1.54, 1.807) is 0 Å². The lowest BCUT2D eigenvalue weighted by Gasteiger charge is -2.18. The van der Waals surface area contributed by atoms with Gasteiger partial charge >= 0.3 is 0 Å². The van der Waals surface area contributed by atoms with Crippen LogP contribution in [0.3, 0.4) is 0 Å². The predicted molar refractivity (Wildman–Crippen MR) is 66.9 cm³/mol. The average molecular weight is 207 g/mol. The minimum atomic E-state index is 0.523. The first-order chi connectivity index (χ1) is 7.84. The molecule has 0 saturated heterocycles. The van der Waals surface area contributed by atoms with E-state index in [0.29, 0.717) is 5.92 Å². The number of hydrogen-bond donors (Lipinski definition) is 1. The molecule has 1 nitrogen and oxygen atoms in total. The molecule has 1 aliphatic heterocycles. The standard InChI is InChI=1S/C15H13N/c1-11-5-4-8-15-13(11)10-9-12-6-2-3-7-14(12)16-15/h2-4,6-8,11,16H,5H2,1H3. The molecule has 0 aromatic heterocycles. The van der Waals surface area contributed by atoms with Gasteiger partial charge in [0.05, 0.1) is 11.4 Å². The Labute approximate surface area is 95.9 Å². The maximum absolute atomic E-state index is 3.46. The van der Waals surface area contributed by atoms with Crippen LogP contribution in [0.15, 0.2) is 47.7 Å². The summed E-state index contributed by atoms with van der Waals surface area (Å²) in [5, 5.41) is 3.46. The van der Waals surface area contributed by atoms with Gasteiger partial charge in [0.1, 0.15) is 0 Å². The normalized spacial score (nSPS) is 21.2. The number of allylic oxidation sites excluding steroid dienone is 3. The van der Waals surface area contributed by atoms with Gasteiger partial charge in [-0.2, -0.15) is 0 Å². The number of para-hydroxylation sites is 1. The van der Waals surface area contributed by atoms with Crippen molar-refractivity contribution in [2.24, 2.45) is 5.92 Å². The van der Waals surface area contributed by atoms with E-state index in [9.17, 15) is 0 Å². The van der Waals surface area contributed by atoms with Gasteiger partial charge in [-0.3, -0.25) is 0 Å². The molecule has 1 unspecified atom stereocenters. The molecule has 2 aliphatic rings. The van der Waals surface area contributed by atoms with Crippen molar-refractivity contribution in [1.29, 1.82) is 0 Å². The highest BCUT2D eigenvalue weighted by Crippen LogP contribution is 2.28. The second kappa shape index (κ2) is 3.57. The van der Waals surface area contributed by atoms with Crippen LogP contribution in [-0.2, 0) is 0 Å². The van der Waals surface area contributed by atoms with Gasteiger partial charge in [0.25, 0.3) is 0 Å². The van der Waals surface area contributed by atoms with E-state index in [4.69, 9.17) is 0 Å². The Balaban J connectivity index is 2.13. The Kier molecular flexibility index (Phi) is 2.08. The topological polar surface area (TPSA) is 12.0 Å². The fourth-order valence-electron chi connectivity index (χ4n) is 2.14. The van der Waals surface area contributed by atoms with E-state index < -0.39 is 0 Å². The summed E-state index contributed by atoms with van der Waals surface area (Å²) in [6, 6.07) is 8.20. The molecule has 1 aliphatic carbocycles. The van der Waals surface area contributed by atoms with Gasteiger partial charge in [-0.25, -0.2) is 0 Å². The van der Waals surface area contributed by atoms with Crippen molar-refractivity contribution in [3.05, 3.63) is 53.3 Å². The molecular formula is C15H13N. The van der Waals surface area contributed by atoms with Crippen molar-refractivity contribution < 1.29 is 0 Å². The maximum atomic E-state index is 3.46. The summed E-state index contributed by atoms with van der Waals surface area (Å²) in [5.74, 6) is 7.08. The van der Waals surface area contributed by atoms with E-state index in [1.165, 1.54) is 5.57 Å². The Morgan fingerprint density at radius 1 is 1.25 bits per heavy atom. The molecule has 1 aromatic carbocycles. The van der Waals surface area contributed by atoms with Crippen molar-refractivity contribution >= 4 is 5.69 Å². The number of anilines is 1. The molecule has 1 N–H and O–H groups in total. The minimum Gasteiger partial charge on any atom is -0.354 e. The Hall–Kier alpha value is -1.94. The van der Waals surface area contributed by atoms with Gasteiger partial charge in [-0.15, -0.1) is 0 Å². The average Bonchev–Trinajstić information content (AvgIpc) is 2.48. The Morgan fingerprint density at radius 3 is 3.06 bits per heavy atom. The first-order valence-electron chi connectivity index (χ1n) is 5.63. The molecule has 1 heteroatoms. The molecule has 3 rings (SSSR count). The maximum Gasteiger partial charge on any atom is 0.0543 e. The minimum absolute atomic E-state index is 0.523. The molecule has 78 valence electrons. The third-order valence-corrected chi connectivity index (χ3v) is 3.09. The zero-order chi connectivity index (χ0) is 11.0. The lowest BCUT2D eigenvalue weighted by Crippen LogP contribution is -2.09. The summed E-state index contributed by atoms with van der Waals surface area (Å²) >= 11 is 0. The predicted octanol–water partition coefficient (Wildman–Crippen LogP) is 3.31. The number of rotatable bonds is 0. The van der Waals surface area contributed by atoms with Gasteiger partial charge in [-0.05, 0) is 30.5 Å². The van der Waals surface area contributed by atoms with Gasteiger partial charge in [0.2, 0.25) is 0 Å². The van der Waals surface area contributed by atoms with Gasteiger partial charge in [0, 0.05) is 11.1 Å². The van der Waals surface area contributed by atoms with Crippen LogP contribution in [0.4, 0.5) is 5.69 Å². The number of benzene rings is 1. The molecule has 1 atom stereocenters. The van der Waals surface area contributed by atoms with E-state index >= 15 is 0 Å². The molecule has 0 fully saturated rings. The number of nitrogens with one attached hydrogen (secondary N) is 1. The SMILES string of the molecule is CC1CC=CC2=C1C#Cc1ccccc1N2. The van der Waals surface area contributed by atoms with Crippen LogP contribution in [0.5, 0.6) is 0 Å². The number of hydrogen-bond acceptors (Lipinski definition) is 1. The molecular weight excluding hydrogens is 194 g/mol. The highest BCUT2D eigenvalue weighted by molar-refractivity contribution is 5.68. The first kappa shape index (κ1) is 9.30. The first-order valence-corrected chi connectivity index (χ1v) is 5.63. The summed E-state index contributed by atoms with van der Waals surface area (Å²) in [4.78, 5) is 0. The molecule has 1 heterocycles.